The molecule has 5 nitrogen and oxygen atoms in total. The van der Waals surface area contributed by atoms with Crippen LogP contribution in [0.2, 0.25) is 0 Å². The van der Waals surface area contributed by atoms with Crippen molar-refractivity contribution in [2.45, 2.75) is 84.3 Å². The van der Waals surface area contributed by atoms with E-state index in [1.165, 1.54) is 59.3 Å². The lowest BCUT2D eigenvalue weighted by molar-refractivity contribution is 0.233. The van der Waals surface area contributed by atoms with Crippen LogP contribution in [0.25, 0.3) is 0 Å². The summed E-state index contributed by atoms with van der Waals surface area (Å²) in [6.45, 7) is 9.85. The summed E-state index contributed by atoms with van der Waals surface area (Å²) in [4.78, 5) is 8.87. The van der Waals surface area contributed by atoms with Gasteiger partial charge in [0.15, 0.2) is 0 Å². The van der Waals surface area contributed by atoms with E-state index in [1.54, 1.807) is 0 Å². The summed E-state index contributed by atoms with van der Waals surface area (Å²) in [7, 11) is 0. The molecule has 0 radical (unpaired) electrons. The van der Waals surface area contributed by atoms with Crippen LogP contribution in [0.5, 0.6) is 0 Å². The highest BCUT2D eigenvalue weighted by Crippen LogP contribution is 2.35. The summed E-state index contributed by atoms with van der Waals surface area (Å²) in [6, 6.07) is 0.408. The van der Waals surface area contributed by atoms with Crippen LogP contribution in [0.3, 0.4) is 0 Å². The maximum atomic E-state index is 4.93. The van der Waals surface area contributed by atoms with Gasteiger partial charge in [-0.2, -0.15) is 0 Å². The summed E-state index contributed by atoms with van der Waals surface area (Å²) < 4.78 is 2.42. The van der Waals surface area contributed by atoms with Crippen LogP contribution in [0.4, 0.5) is 0 Å². The summed E-state index contributed by atoms with van der Waals surface area (Å²) in [6.07, 6.45) is 7.35. The quantitative estimate of drug-likeness (QED) is 0.819. The molecule has 0 aliphatic carbocycles. The molecule has 6 heteroatoms. The van der Waals surface area contributed by atoms with E-state index in [0.717, 1.165) is 26.1 Å². The van der Waals surface area contributed by atoms with Gasteiger partial charge in [-0.3, -0.25) is 4.90 Å². The number of hydrogen-bond acceptors (Lipinski definition) is 5. The fraction of sp³-hybridized carbons (Fsp3) is 0.737. The predicted molar refractivity (Wildman–Crippen MR) is 101 cm³/mol. The summed E-state index contributed by atoms with van der Waals surface area (Å²) in [5.41, 5.74) is 1.27. The summed E-state index contributed by atoms with van der Waals surface area (Å²) in [5, 5.41) is 10.4. The van der Waals surface area contributed by atoms with E-state index in [9.17, 15) is 0 Å². The first-order valence-corrected chi connectivity index (χ1v) is 10.6. The van der Waals surface area contributed by atoms with E-state index in [-0.39, 0.29) is 0 Å². The van der Waals surface area contributed by atoms with Crippen molar-refractivity contribution in [3.63, 3.8) is 0 Å². The van der Waals surface area contributed by atoms with Crippen LogP contribution < -0.4 is 0 Å². The standard InChI is InChI=1S/C19H29N5S/c1-13(2)18-14(3)25-17(20-18)12-23-10-7-8-15(23)19-22-21-16-9-5-4-6-11-24(16)19/h13,15H,4-12H2,1-3H3. The van der Waals surface area contributed by atoms with Crippen molar-refractivity contribution in [3.05, 3.63) is 27.2 Å². The molecule has 0 spiro atoms. The van der Waals surface area contributed by atoms with Gasteiger partial charge in [0, 0.05) is 17.8 Å². The smallest absolute Gasteiger partial charge is 0.150 e. The molecule has 1 fully saturated rings. The van der Waals surface area contributed by atoms with E-state index in [4.69, 9.17) is 4.98 Å². The molecule has 0 N–H and O–H groups in total. The first-order chi connectivity index (χ1) is 12.1. The van der Waals surface area contributed by atoms with E-state index >= 15 is 0 Å². The van der Waals surface area contributed by atoms with Crippen LogP contribution in [0, 0.1) is 6.92 Å². The molecular weight excluding hydrogens is 330 g/mol. The number of aromatic nitrogens is 4. The molecule has 4 rings (SSSR count). The third-order valence-electron chi connectivity index (χ3n) is 5.56. The van der Waals surface area contributed by atoms with Gasteiger partial charge in [0.1, 0.15) is 16.7 Å². The van der Waals surface area contributed by atoms with Crippen molar-refractivity contribution in [1.82, 2.24) is 24.6 Å². The normalized spacial score (nSPS) is 21.7. The Kier molecular flexibility index (Phi) is 4.91. The summed E-state index contributed by atoms with van der Waals surface area (Å²) >= 11 is 1.87. The molecule has 2 aromatic heterocycles. The average molecular weight is 360 g/mol. The Balaban J connectivity index is 1.55. The highest BCUT2D eigenvalue weighted by atomic mass is 32.1. The Morgan fingerprint density at radius 2 is 2.00 bits per heavy atom. The van der Waals surface area contributed by atoms with Crippen LogP contribution in [0.1, 0.15) is 85.1 Å². The molecule has 2 aliphatic rings. The van der Waals surface area contributed by atoms with E-state index in [1.807, 2.05) is 11.3 Å². The molecule has 0 amide bonds. The number of thiazole rings is 1. The molecule has 0 saturated carbocycles. The third kappa shape index (κ3) is 3.38. The zero-order chi connectivity index (χ0) is 17.4. The maximum Gasteiger partial charge on any atom is 0.150 e. The lowest BCUT2D eigenvalue weighted by Crippen LogP contribution is -2.25. The molecule has 1 unspecified atom stereocenters. The zero-order valence-electron chi connectivity index (χ0n) is 15.7. The summed E-state index contributed by atoms with van der Waals surface area (Å²) in [5.74, 6) is 2.91. The second kappa shape index (κ2) is 7.16. The number of aryl methyl sites for hydroxylation is 2. The molecule has 1 atom stereocenters. The Morgan fingerprint density at radius 1 is 1.12 bits per heavy atom. The molecule has 25 heavy (non-hydrogen) atoms. The average Bonchev–Trinajstić information content (AvgIpc) is 3.23. The topological polar surface area (TPSA) is 46.8 Å². The maximum absolute atomic E-state index is 4.93. The third-order valence-corrected chi connectivity index (χ3v) is 6.53. The van der Waals surface area contributed by atoms with Gasteiger partial charge < -0.3 is 4.57 Å². The SMILES string of the molecule is Cc1sc(CN2CCCC2c2nnc3n2CCCCC3)nc1C(C)C. The Labute approximate surface area is 154 Å². The van der Waals surface area contributed by atoms with Crippen molar-refractivity contribution in [2.75, 3.05) is 6.54 Å². The van der Waals surface area contributed by atoms with Gasteiger partial charge in [-0.15, -0.1) is 21.5 Å². The van der Waals surface area contributed by atoms with Crippen molar-refractivity contribution in [3.8, 4) is 0 Å². The van der Waals surface area contributed by atoms with Gasteiger partial charge in [0.05, 0.1) is 18.3 Å². The number of hydrogen-bond donors (Lipinski definition) is 0. The van der Waals surface area contributed by atoms with E-state index in [0.29, 0.717) is 12.0 Å². The molecule has 0 aromatic carbocycles. The number of rotatable bonds is 4. The van der Waals surface area contributed by atoms with Crippen LogP contribution in [-0.2, 0) is 19.5 Å². The molecular formula is C19H29N5S. The molecule has 136 valence electrons. The minimum Gasteiger partial charge on any atom is -0.314 e. The molecule has 2 aromatic rings. The highest BCUT2D eigenvalue weighted by Gasteiger charge is 2.32. The number of likely N-dealkylation sites (tertiary alicyclic amines) is 1. The lowest BCUT2D eigenvalue weighted by atomic mass is 10.1. The van der Waals surface area contributed by atoms with E-state index < -0.39 is 0 Å². The second-order valence-electron chi connectivity index (χ2n) is 7.77. The first kappa shape index (κ1) is 17.2. The molecule has 4 heterocycles. The van der Waals surface area contributed by atoms with E-state index in [2.05, 4.69) is 40.4 Å². The van der Waals surface area contributed by atoms with Gasteiger partial charge >= 0.3 is 0 Å². The number of nitrogens with zero attached hydrogens (tertiary/aromatic N) is 5. The van der Waals surface area contributed by atoms with Gasteiger partial charge in [0.25, 0.3) is 0 Å². The highest BCUT2D eigenvalue weighted by molar-refractivity contribution is 7.11. The van der Waals surface area contributed by atoms with Crippen LogP contribution in [0.15, 0.2) is 0 Å². The van der Waals surface area contributed by atoms with Crippen molar-refractivity contribution < 1.29 is 0 Å². The first-order valence-electron chi connectivity index (χ1n) is 9.75. The Hall–Kier alpha value is -1.27. The molecule has 1 saturated heterocycles. The predicted octanol–water partition coefficient (Wildman–Crippen LogP) is 4.23. The second-order valence-corrected chi connectivity index (χ2v) is 9.06. The fourth-order valence-electron chi connectivity index (χ4n) is 4.30. The number of fused-ring (bicyclic) bond motifs is 1. The van der Waals surface area contributed by atoms with Gasteiger partial charge in [-0.05, 0) is 45.1 Å². The van der Waals surface area contributed by atoms with Crippen LogP contribution >= 0.6 is 11.3 Å². The van der Waals surface area contributed by atoms with Crippen molar-refractivity contribution in [2.24, 2.45) is 0 Å². The van der Waals surface area contributed by atoms with Crippen molar-refractivity contribution >= 4 is 11.3 Å². The molecule has 2 aliphatic heterocycles. The van der Waals surface area contributed by atoms with Gasteiger partial charge in [-0.25, -0.2) is 4.98 Å². The lowest BCUT2D eigenvalue weighted by Gasteiger charge is -2.23. The minimum atomic E-state index is 0.408. The van der Waals surface area contributed by atoms with Gasteiger partial charge in [-0.1, -0.05) is 20.3 Å². The van der Waals surface area contributed by atoms with Gasteiger partial charge in [0.2, 0.25) is 0 Å². The Bertz CT molecular complexity index is 732. The fourth-order valence-corrected chi connectivity index (χ4v) is 5.42. The minimum absolute atomic E-state index is 0.408. The van der Waals surface area contributed by atoms with Crippen LogP contribution in [-0.4, -0.2) is 31.2 Å². The monoisotopic (exact) mass is 359 g/mol. The zero-order valence-corrected chi connectivity index (χ0v) is 16.5. The largest absolute Gasteiger partial charge is 0.314 e. The molecule has 0 bridgehead atoms. The Morgan fingerprint density at radius 3 is 2.80 bits per heavy atom. The van der Waals surface area contributed by atoms with Crippen molar-refractivity contribution in [1.29, 1.82) is 0 Å².